The van der Waals surface area contributed by atoms with Gasteiger partial charge < -0.3 is 33.2 Å². The highest BCUT2D eigenvalue weighted by Gasteiger charge is 2.51. The maximum atomic E-state index is 12.5. The lowest BCUT2D eigenvalue weighted by molar-refractivity contribution is -0.296. The van der Waals surface area contributed by atoms with Crippen molar-refractivity contribution in [2.75, 3.05) is 27.9 Å². The highest BCUT2D eigenvalue weighted by atomic mass is 28.4. The Kier molecular flexibility index (Phi) is 10.9. The van der Waals surface area contributed by atoms with E-state index in [1.807, 2.05) is 25.1 Å². The van der Waals surface area contributed by atoms with Crippen LogP contribution in [0.1, 0.15) is 46.5 Å². The van der Waals surface area contributed by atoms with Crippen molar-refractivity contribution in [3.05, 3.63) is 84.4 Å². The van der Waals surface area contributed by atoms with Crippen molar-refractivity contribution in [2.24, 2.45) is 11.8 Å². The van der Waals surface area contributed by atoms with Crippen molar-refractivity contribution < 1.29 is 38.0 Å². The van der Waals surface area contributed by atoms with E-state index in [-0.39, 0.29) is 16.9 Å². The fourth-order valence-corrected chi connectivity index (χ4v) is 11.0. The minimum atomic E-state index is -2.80. The lowest BCUT2D eigenvalue weighted by Crippen LogP contribution is -2.67. The number of hydrogen-bond acceptors (Lipinski definition) is 8. The summed E-state index contributed by atoms with van der Waals surface area (Å²) >= 11 is 0. The van der Waals surface area contributed by atoms with Gasteiger partial charge in [-0.1, -0.05) is 101 Å². The van der Waals surface area contributed by atoms with Gasteiger partial charge in [0, 0.05) is 24.0 Å². The van der Waals surface area contributed by atoms with Gasteiger partial charge in [-0.05, 0) is 27.5 Å². The van der Waals surface area contributed by atoms with Gasteiger partial charge >= 0.3 is 5.97 Å². The van der Waals surface area contributed by atoms with Gasteiger partial charge in [0.25, 0.3) is 8.32 Å². The molecule has 0 unspecified atom stereocenters. The Labute approximate surface area is 262 Å². The predicted octanol–water partition coefficient (Wildman–Crippen LogP) is 4.87. The van der Waals surface area contributed by atoms with Gasteiger partial charge in [-0.15, -0.1) is 0 Å². The van der Waals surface area contributed by atoms with Crippen LogP contribution in [0, 0.1) is 11.8 Å². The summed E-state index contributed by atoms with van der Waals surface area (Å²) in [6, 6.07) is 26.3. The molecule has 3 aromatic carbocycles. The SMILES string of the molecule is COC(=O)[C@@H](O)[C@@H]1O[C@@H](c2ccc(OC)c(OC)c2)O[C@@H]([C@H](C)CO[Si](c2ccccc2)(c2ccccc2)C(C)(C)C)[C@H]1C. The average molecular weight is 623 g/mol. The standard InChI is InChI=1S/C35H46O8Si/c1-23(22-41-44(35(3,4)5,26-15-11-9-12-16-26)27-17-13-10-14-18-27)31-24(2)32(30(36)33(37)40-8)43-34(42-31)25-19-20-28(38-6)29(21-25)39-7/h9-21,23-24,30-32,34,36H,22H2,1-8H3/t23-,24-,30+,31+,32-,34+/m1/s1. The molecule has 4 rings (SSSR count). The predicted molar refractivity (Wildman–Crippen MR) is 172 cm³/mol. The molecular formula is C35H46O8Si. The van der Waals surface area contributed by atoms with Crippen LogP contribution in [-0.4, -0.2) is 65.6 Å². The Morgan fingerprint density at radius 1 is 0.864 bits per heavy atom. The normalized spacial score (nSPS) is 22.1. The molecule has 1 fully saturated rings. The highest BCUT2D eigenvalue weighted by molar-refractivity contribution is 6.99. The molecule has 0 aliphatic carbocycles. The van der Waals surface area contributed by atoms with Crippen LogP contribution in [0.3, 0.4) is 0 Å². The van der Waals surface area contributed by atoms with E-state index in [9.17, 15) is 9.90 Å². The topological polar surface area (TPSA) is 92.7 Å². The third-order valence-electron chi connectivity index (χ3n) is 8.57. The number of rotatable bonds is 11. The van der Waals surface area contributed by atoms with E-state index in [0.29, 0.717) is 23.7 Å². The van der Waals surface area contributed by atoms with Crippen LogP contribution in [0.4, 0.5) is 0 Å². The van der Waals surface area contributed by atoms with E-state index in [2.05, 4.69) is 76.2 Å². The van der Waals surface area contributed by atoms with Crippen LogP contribution in [0.5, 0.6) is 11.5 Å². The van der Waals surface area contributed by atoms with E-state index in [1.54, 1.807) is 26.4 Å². The average Bonchev–Trinajstić information content (AvgIpc) is 3.04. The monoisotopic (exact) mass is 622 g/mol. The van der Waals surface area contributed by atoms with E-state index in [4.69, 9.17) is 28.1 Å². The first-order chi connectivity index (χ1) is 21.0. The number of carbonyl (C=O) groups is 1. The summed E-state index contributed by atoms with van der Waals surface area (Å²) in [5.74, 6) is -0.177. The molecule has 1 heterocycles. The molecule has 0 bridgehead atoms. The Hall–Kier alpha value is -3.21. The Morgan fingerprint density at radius 3 is 1.91 bits per heavy atom. The zero-order valence-corrected chi connectivity index (χ0v) is 28.0. The molecule has 6 atom stereocenters. The van der Waals surface area contributed by atoms with Gasteiger partial charge in [0.1, 0.15) is 6.10 Å². The summed E-state index contributed by atoms with van der Waals surface area (Å²) in [5.41, 5.74) is 0.668. The van der Waals surface area contributed by atoms with Crippen molar-refractivity contribution in [3.63, 3.8) is 0 Å². The summed E-state index contributed by atoms with van der Waals surface area (Å²) in [7, 11) is 1.57. The summed E-state index contributed by atoms with van der Waals surface area (Å²) < 4.78 is 35.9. The number of carbonyl (C=O) groups excluding carboxylic acids is 1. The first kappa shape index (κ1) is 33.7. The maximum Gasteiger partial charge on any atom is 0.337 e. The van der Waals surface area contributed by atoms with Crippen LogP contribution >= 0.6 is 0 Å². The Bertz CT molecular complexity index is 1320. The quantitative estimate of drug-likeness (QED) is 0.239. The number of hydrogen-bond donors (Lipinski definition) is 1. The van der Waals surface area contributed by atoms with Crippen molar-refractivity contribution in [3.8, 4) is 11.5 Å². The van der Waals surface area contributed by atoms with E-state index < -0.39 is 38.9 Å². The molecule has 0 spiro atoms. The molecule has 1 N–H and O–H groups in total. The van der Waals surface area contributed by atoms with Gasteiger partial charge in [0.15, 0.2) is 23.9 Å². The minimum Gasteiger partial charge on any atom is -0.493 e. The fraction of sp³-hybridized carbons (Fsp3) is 0.457. The second-order valence-electron chi connectivity index (χ2n) is 12.4. The molecule has 9 heteroatoms. The fourth-order valence-electron chi connectivity index (χ4n) is 6.29. The van der Waals surface area contributed by atoms with Gasteiger partial charge in [0.05, 0.1) is 27.4 Å². The number of esters is 1. The number of aliphatic hydroxyl groups excluding tert-OH is 1. The summed E-state index contributed by atoms with van der Waals surface area (Å²) in [4.78, 5) is 12.5. The smallest absolute Gasteiger partial charge is 0.337 e. The summed E-state index contributed by atoms with van der Waals surface area (Å²) in [6.07, 6.45) is -3.68. The Morgan fingerprint density at radius 2 is 1.41 bits per heavy atom. The van der Waals surface area contributed by atoms with Crippen LogP contribution < -0.4 is 19.8 Å². The van der Waals surface area contributed by atoms with Gasteiger partial charge in [-0.2, -0.15) is 0 Å². The lowest BCUT2D eigenvalue weighted by atomic mass is 9.86. The second kappa shape index (κ2) is 14.3. The van der Waals surface area contributed by atoms with Crippen LogP contribution in [0.25, 0.3) is 0 Å². The van der Waals surface area contributed by atoms with Crippen molar-refractivity contribution >= 4 is 24.7 Å². The van der Waals surface area contributed by atoms with Gasteiger partial charge in [0.2, 0.25) is 0 Å². The molecule has 3 aromatic rings. The van der Waals surface area contributed by atoms with Gasteiger partial charge in [-0.3, -0.25) is 0 Å². The molecule has 0 saturated carbocycles. The summed E-state index contributed by atoms with van der Waals surface area (Å²) in [6.45, 7) is 11.1. The second-order valence-corrected chi connectivity index (χ2v) is 16.7. The zero-order chi connectivity index (χ0) is 32.1. The van der Waals surface area contributed by atoms with E-state index >= 15 is 0 Å². The zero-order valence-electron chi connectivity index (χ0n) is 27.0. The highest BCUT2D eigenvalue weighted by Crippen LogP contribution is 2.42. The maximum absolute atomic E-state index is 12.5. The molecular weight excluding hydrogens is 576 g/mol. The molecule has 0 radical (unpaired) electrons. The minimum absolute atomic E-state index is 0.134. The molecule has 0 aromatic heterocycles. The molecule has 1 aliphatic heterocycles. The van der Waals surface area contributed by atoms with E-state index in [1.165, 1.54) is 17.5 Å². The van der Waals surface area contributed by atoms with Crippen molar-refractivity contribution in [1.82, 2.24) is 0 Å². The first-order valence-electron chi connectivity index (χ1n) is 15.0. The van der Waals surface area contributed by atoms with Crippen LogP contribution in [-0.2, 0) is 23.4 Å². The number of methoxy groups -OCH3 is 3. The van der Waals surface area contributed by atoms with Crippen LogP contribution in [0.2, 0.25) is 5.04 Å². The van der Waals surface area contributed by atoms with Crippen molar-refractivity contribution in [2.45, 2.75) is 64.3 Å². The molecule has 8 nitrogen and oxygen atoms in total. The van der Waals surface area contributed by atoms with Crippen LogP contribution in [0.15, 0.2) is 78.9 Å². The largest absolute Gasteiger partial charge is 0.493 e. The molecule has 1 aliphatic rings. The van der Waals surface area contributed by atoms with Gasteiger partial charge in [-0.25, -0.2) is 4.79 Å². The molecule has 238 valence electrons. The molecule has 1 saturated heterocycles. The van der Waals surface area contributed by atoms with Crippen molar-refractivity contribution in [1.29, 1.82) is 0 Å². The third kappa shape index (κ3) is 6.72. The summed E-state index contributed by atoms with van der Waals surface area (Å²) in [5, 5.41) is 13.2. The third-order valence-corrected chi connectivity index (χ3v) is 13.6. The molecule has 0 amide bonds. The molecule has 44 heavy (non-hydrogen) atoms. The number of ether oxygens (including phenoxy) is 5. The number of benzene rings is 3. The number of aliphatic hydroxyl groups is 1. The lowest BCUT2D eigenvalue weighted by Gasteiger charge is -2.46. The first-order valence-corrected chi connectivity index (χ1v) is 16.9. The Balaban J connectivity index is 1.70. The van der Waals surface area contributed by atoms with E-state index in [0.717, 1.165) is 0 Å².